The van der Waals surface area contributed by atoms with E-state index in [-0.39, 0.29) is 25.5 Å². The number of hydrogen-bond donors (Lipinski definition) is 1. The molecular weight excluding hydrogens is 240 g/mol. The average molecular weight is 255 g/mol. The predicted octanol–water partition coefficient (Wildman–Crippen LogP) is 1.51. The molecule has 0 aliphatic rings. The minimum Gasteiger partial charge on any atom is -0.395 e. The van der Waals surface area contributed by atoms with E-state index in [2.05, 4.69) is 6.58 Å². The largest absolute Gasteiger partial charge is 0.395 e. The van der Waals surface area contributed by atoms with Gasteiger partial charge >= 0.3 is 0 Å². The molecule has 98 valence electrons. The molecule has 0 saturated carbocycles. The molecule has 0 saturated heterocycles. The van der Waals surface area contributed by atoms with Crippen LogP contribution in [0.1, 0.15) is 5.56 Å². The summed E-state index contributed by atoms with van der Waals surface area (Å²) in [4.78, 5) is 13.2. The van der Waals surface area contributed by atoms with Gasteiger partial charge in [-0.15, -0.1) is 6.58 Å². The second-order valence-electron chi connectivity index (χ2n) is 3.78. The minimum atomic E-state index is -0.974. The Kier molecular flexibility index (Phi) is 5.45. The van der Waals surface area contributed by atoms with Gasteiger partial charge in [0.15, 0.2) is 11.6 Å². The molecule has 1 aromatic carbocycles. The second-order valence-corrected chi connectivity index (χ2v) is 3.78. The molecule has 18 heavy (non-hydrogen) atoms. The van der Waals surface area contributed by atoms with Crippen molar-refractivity contribution in [1.82, 2.24) is 4.90 Å². The summed E-state index contributed by atoms with van der Waals surface area (Å²) >= 11 is 0. The highest BCUT2D eigenvalue weighted by Gasteiger charge is 2.13. The van der Waals surface area contributed by atoms with Gasteiger partial charge in [0, 0.05) is 13.1 Å². The van der Waals surface area contributed by atoms with Crippen molar-refractivity contribution in [3.63, 3.8) is 0 Å². The average Bonchev–Trinajstić information content (AvgIpc) is 2.33. The van der Waals surface area contributed by atoms with Crippen molar-refractivity contribution < 1.29 is 18.7 Å². The van der Waals surface area contributed by atoms with Gasteiger partial charge in [-0.3, -0.25) is 4.79 Å². The Morgan fingerprint density at radius 1 is 1.39 bits per heavy atom. The van der Waals surface area contributed by atoms with Crippen LogP contribution in [-0.4, -0.2) is 35.6 Å². The van der Waals surface area contributed by atoms with E-state index in [0.717, 1.165) is 12.1 Å². The third kappa shape index (κ3) is 3.92. The summed E-state index contributed by atoms with van der Waals surface area (Å²) in [6.45, 7) is 3.85. The number of aliphatic hydroxyl groups is 1. The number of halogens is 2. The van der Waals surface area contributed by atoms with Crippen molar-refractivity contribution in [3.05, 3.63) is 48.1 Å². The molecule has 1 aromatic rings. The summed E-state index contributed by atoms with van der Waals surface area (Å²) in [6.07, 6.45) is 1.50. The van der Waals surface area contributed by atoms with Gasteiger partial charge in [0.25, 0.3) is 0 Å². The highest BCUT2D eigenvalue weighted by atomic mass is 19.2. The van der Waals surface area contributed by atoms with Crippen molar-refractivity contribution in [3.8, 4) is 0 Å². The fraction of sp³-hybridized carbons (Fsp3) is 0.308. The number of rotatable bonds is 6. The monoisotopic (exact) mass is 255 g/mol. The molecule has 0 radical (unpaired) electrons. The Morgan fingerprint density at radius 2 is 2.11 bits per heavy atom. The molecule has 0 atom stereocenters. The first-order chi connectivity index (χ1) is 8.58. The van der Waals surface area contributed by atoms with Crippen molar-refractivity contribution in [2.45, 2.75) is 6.42 Å². The van der Waals surface area contributed by atoms with E-state index < -0.39 is 11.6 Å². The van der Waals surface area contributed by atoms with Crippen molar-refractivity contribution >= 4 is 5.91 Å². The second kappa shape index (κ2) is 6.86. The number of carbonyl (C=O) groups excluding carboxylic acids is 1. The molecular formula is C13H15F2NO2. The zero-order chi connectivity index (χ0) is 13.5. The fourth-order valence-corrected chi connectivity index (χ4v) is 1.53. The Labute approximate surface area is 104 Å². The van der Waals surface area contributed by atoms with Crippen molar-refractivity contribution in [2.24, 2.45) is 0 Å². The van der Waals surface area contributed by atoms with Gasteiger partial charge in [-0.05, 0) is 17.7 Å². The highest BCUT2D eigenvalue weighted by Crippen LogP contribution is 2.10. The van der Waals surface area contributed by atoms with Gasteiger partial charge in [-0.25, -0.2) is 8.78 Å². The van der Waals surface area contributed by atoms with Crippen LogP contribution in [0.15, 0.2) is 30.9 Å². The Balaban J connectivity index is 2.72. The molecule has 0 aromatic heterocycles. The van der Waals surface area contributed by atoms with E-state index in [1.807, 2.05) is 0 Å². The van der Waals surface area contributed by atoms with Gasteiger partial charge in [-0.1, -0.05) is 12.1 Å². The first-order valence-electron chi connectivity index (χ1n) is 5.52. The van der Waals surface area contributed by atoms with Crippen LogP contribution >= 0.6 is 0 Å². The molecule has 1 amide bonds. The smallest absolute Gasteiger partial charge is 0.227 e. The van der Waals surface area contributed by atoms with E-state index in [1.165, 1.54) is 11.0 Å². The molecule has 0 spiro atoms. The van der Waals surface area contributed by atoms with Crippen molar-refractivity contribution in [2.75, 3.05) is 19.7 Å². The molecule has 1 N–H and O–H groups in total. The third-order valence-corrected chi connectivity index (χ3v) is 2.41. The quantitative estimate of drug-likeness (QED) is 0.783. The van der Waals surface area contributed by atoms with Gasteiger partial charge < -0.3 is 10.0 Å². The SMILES string of the molecule is C=CCN(CCO)C(=O)Cc1ccc(F)c(F)c1. The minimum absolute atomic E-state index is 0.0367. The van der Waals surface area contributed by atoms with Crippen LogP contribution in [0.2, 0.25) is 0 Å². The molecule has 0 fully saturated rings. The van der Waals surface area contributed by atoms with E-state index in [4.69, 9.17) is 5.11 Å². The fourth-order valence-electron chi connectivity index (χ4n) is 1.53. The molecule has 3 nitrogen and oxygen atoms in total. The number of hydrogen-bond acceptors (Lipinski definition) is 2. The van der Waals surface area contributed by atoms with Crippen LogP contribution in [0.25, 0.3) is 0 Å². The van der Waals surface area contributed by atoms with Crippen LogP contribution < -0.4 is 0 Å². The maximum Gasteiger partial charge on any atom is 0.227 e. The predicted molar refractivity (Wildman–Crippen MR) is 63.9 cm³/mol. The first-order valence-corrected chi connectivity index (χ1v) is 5.52. The van der Waals surface area contributed by atoms with Crippen LogP contribution in [0.5, 0.6) is 0 Å². The highest BCUT2D eigenvalue weighted by molar-refractivity contribution is 5.78. The van der Waals surface area contributed by atoms with Crippen molar-refractivity contribution in [1.29, 1.82) is 0 Å². The molecule has 0 aliphatic heterocycles. The molecule has 0 heterocycles. The summed E-state index contributed by atoms with van der Waals surface area (Å²) in [5.41, 5.74) is 0.394. The zero-order valence-corrected chi connectivity index (χ0v) is 9.90. The summed E-state index contributed by atoms with van der Waals surface area (Å²) in [5, 5.41) is 8.82. The summed E-state index contributed by atoms with van der Waals surface area (Å²) in [7, 11) is 0. The summed E-state index contributed by atoms with van der Waals surface area (Å²) in [6, 6.07) is 3.35. The summed E-state index contributed by atoms with van der Waals surface area (Å²) < 4.78 is 25.7. The molecule has 1 rings (SSSR count). The van der Waals surface area contributed by atoms with Crippen LogP contribution in [0.3, 0.4) is 0 Å². The molecule has 0 aliphatic carbocycles. The van der Waals surface area contributed by atoms with Gasteiger partial charge in [0.2, 0.25) is 5.91 Å². The molecule has 0 bridgehead atoms. The van der Waals surface area contributed by atoms with Crippen LogP contribution in [-0.2, 0) is 11.2 Å². The number of amides is 1. The Hall–Kier alpha value is -1.75. The normalized spacial score (nSPS) is 10.2. The number of aliphatic hydroxyl groups excluding tert-OH is 1. The third-order valence-electron chi connectivity index (χ3n) is 2.41. The Bertz CT molecular complexity index is 435. The standard InChI is InChI=1S/C13H15F2NO2/c1-2-5-16(6-7-17)13(18)9-10-3-4-11(14)12(15)8-10/h2-4,8,17H,1,5-7,9H2. The van der Waals surface area contributed by atoms with E-state index in [1.54, 1.807) is 6.08 Å². The number of benzene rings is 1. The van der Waals surface area contributed by atoms with E-state index in [0.29, 0.717) is 12.1 Å². The maximum atomic E-state index is 13.0. The maximum absolute atomic E-state index is 13.0. The van der Waals surface area contributed by atoms with Gasteiger partial charge in [-0.2, -0.15) is 0 Å². The van der Waals surface area contributed by atoms with Gasteiger partial charge in [0.05, 0.1) is 13.0 Å². The first kappa shape index (κ1) is 14.3. The number of nitrogens with zero attached hydrogens (tertiary/aromatic N) is 1. The number of carbonyl (C=O) groups is 1. The Morgan fingerprint density at radius 3 is 2.67 bits per heavy atom. The molecule has 5 heteroatoms. The zero-order valence-electron chi connectivity index (χ0n) is 9.90. The van der Waals surface area contributed by atoms with Gasteiger partial charge in [0.1, 0.15) is 0 Å². The van der Waals surface area contributed by atoms with Crippen LogP contribution in [0.4, 0.5) is 8.78 Å². The lowest BCUT2D eigenvalue weighted by Gasteiger charge is -2.19. The molecule has 0 unspecified atom stereocenters. The lowest BCUT2D eigenvalue weighted by molar-refractivity contribution is -0.130. The van der Waals surface area contributed by atoms with E-state index in [9.17, 15) is 13.6 Å². The van der Waals surface area contributed by atoms with E-state index >= 15 is 0 Å². The lowest BCUT2D eigenvalue weighted by Crippen LogP contribution is -2.34. The lowest BCUT2D eigenvalue weighted by atomic mass is 10.1. The topological polar surface area (TPSA) is 40.5 Å². The van der Waals surface area contributed by atoms with Crippen LogP contribution in [0, 0.1) is 11.6 Å². The summed E-state index contributed by atoms with van der Waals surface area (Å²) in [5.74, 6) is -2.18.